The molecule has 3 aromatic heterocycles. The molecular formula is C24H31N5O5S. The number of fused-ring (bicyclic) bond motifs is 1. The number of nitrogens with one attached hydrogen (secondary N) is 1. The fourth-order valence-corrected chi connectivity index (χ4v) is 4.49. The predicted molar refractivity (Wildman–Crippen MR) is 134 cm³/mol. The van der Waals surface area contributed by atoms with Crippen LogP contribution in [-0.2, 0) is 19.6 Å². The Kier molecular flexibility index (Phi) is 7.79. The minimum atomic E-state index is -3.74. The molecule has 0 spiro atoms. The average molecular weight is 502 g/mol. The van der Waals surface area contributed by atoms with Crippen LogP contribution >= 0.6 is 0 Å². The third-order valence-corrected chi connectivity index (χ3v) is 6.40. The fourth-order valence-electron chi connectivity index (χ4n) is 3.43. The minimum Gasteiger partial charge on any atom is -0.442 e. The van der Waals surface area contributed by atoms with Crippen LogP contribution in [0, 0.1) is 6.92 Å². The molecule has 0 radical (unpaired) electrons. The summed E-state index contributed by atoms with van der Waals surface area (Å²) in [5.41, 5.74) is 0.734. The number of ether oxygens (including phenoxy) is 1. The lowest BCUT2D eigenvalue weighted by molar-refractivity contribution is -0.114. The summed E-state index contributed by atoms with van der Waals surface area (Å²) >= 11 is 0. The van der Waals surface area contributed by atoms with E-state index in [9.17, 15) is 18.0 Å². The molecule has 0 aliphatic heterocycles. The van der Waals surface area contributed by atoms with Crippen molar-refractivity contribution >= 4 is 39.1 Å². The molecule has 1 N–H and O–H groups in total. The summed E-state index contributed by atoms with van der Waals surface area (Å²) in [7, 11) is -3.74. The van der Waals surface area contributed by atoms with Gasteiger partial charge in [0.05, 0.1) is 11.4 Å². The van der Waals surface area contributed by atoms with Crippen molar-refractivity contribution < 1.29 is 22.7 Å². The zero-order valence-corrected chi connectivity index (χ0v) is 21.4. The summed E-state index contributed by atoms with van der Waals surface area (Å²) in [6.45, 7) is 8.88. The van der Waals surface area contributed by atoms with Gasteiger partial charge in [0, 0.05) is 29.4 Å². The summed E-state index contributed by atoms with van der Waals surface area (Å²) in [5.74, 6) is -0.563. The molecule has 0 saturated heterocycles. The molecule has 188 valence electrons. The van der Waals surface area contributed by atoms with Gasteiger partial charge in [-0.15, -0.1) is 5.10 Å². The molecule has 0 atom stereocenters. The molecule has 3 aromatic rings. The van der Waals surface area contributed by atoms with E-state index in [-0.39, 0.29) is 5.75 Å². The summed E-state index contributed by atoms with van der Waals surface area (Å²) < 4.78 is 34.7. The zero-order chi connectivity index (χ0) is 25.8. The summed E-state index contributed by atoms with van der Waals surface area (Å²) in [4.78, 5) is 29.6. The van der Waals surface area contributed by atoms with Crippen molar-refractivity contribution in [2.75, 3.05) is 5.75 Å². The molecule has 0 bridgehead atoms. The second kappa shape index (κ2) is 10.4. The third kappa shape index (κ3) is 6.56. The van der Waals surface area contributed by atoms with Crippen LogP contribution in [0.25, 0.3) is 22.9 Å². The predicted octanol–water partition coefficient (Wildman–Crippen LogP) is 3.96. The number of carbonyl (C=O) groups excluding carboxylic acids is 2. The van der Waals surface area contributed by atoms with Crippen molar-refractivity contribution in [1.29, 1.82) is 0 Å². The van der Waals surface area contributed by atoms with Crippen molar-refractivity contribution in [3.63, 3.8) is 0 Å². The Bertz CT molecular complexity index is 1360. The van der Waals surface area contributed by atoms with Crippen LogP contribution in [0.2, 0.25) is 0 Å². The van der Waals surface area contributed by atoms with Crippen LogP contribution in [0.5, 0.6) is 0 Å². The number of sulfonamides is 1. The van der Waals surface area contributed by atoms with E-state index in [0.717, 1.165) is 29.0 Å². The molecule has 0 saturated carbocycles. The molecular weight excluding hydrogens is 470 g/mol. The van der Waals surface area contributed by atoms with Crippen molar-refractivity contribution in [2.45, 2.75) is 59.5 Å². The van der Waals surface area contributed by atoms with Gasteiger partial charge in [-0.05, 0) is 58.4 Å². The lowest BCUT2D eigenvalue weighted by Crippen LogP contribution is -2.31. The van der Waals surface area contributed by atoms with E-state index in [4.69, 9.17) is 4.74 Å². The highest BCUT2D eigenvalue weighted by molar-refractivity contribution is 7.90. The lowest BCUT2D eigenvalue weighted by atomic mass is 10.2. The Morgan fingerprint density at radius 2 is 1.94 bits per heavy atom. The highest BCUT2D eigenvalue weighted by Crippen LogP contribution is 2.25. The Hall–Kier alpha value is -3.47. The molecule has 35 heavy (non-hydrogen) atoms. The largest absolute Gasteiger partial charge is 0.442 e. The van der Waals surface area contributed by atoms with Gasteiger partial charge in [0.25, 0.3) is 5.91 Å². The van der Waals surface area contributed by atoms with Crippen LogP contribution in [-0.4, -0.2) is 51.1 Å². The first-order valence-corrected chi connectivity index (χ1v) is 13.0. The van der Waals surface area contributed by atoms with E-state index in [1.807, 2.05) is 25.1 Å². The molecule has 0 aliphatic carbocycles. The molecule has 3 rings (SSSR count). The number of carbonyl (C=O) groups is 2. The summed E-state index contributed by atoms with van der Waals surface area (Å²) in [5, 5.41) is 5.32. The molecule has 11 heteroatoms. The van der Waals surface area contributed by atoms with Crippen molar-refractivity contribution in [3.8, 4) is 5.82 Å². The Morgan fingerprint density at radius 1 is 1.20 bits per heavy atom. The van der Waals surface area contributed by atoms with E-state index in [1.165, 1.54) is 6.08 Å². The zero-order valence-electron chi connectivity index (χ0n) is 20.6. The number of hydrogen-bond donors (Lipinski definition) is 1. The number of unbranched alkanes of at least 4 members (excludes halogenated alkanes) is 2. The van der Waals surface area contributed by atoms with Crippen molar-refractivity contribution in [2.24, 2.45) is 0 Å². The van der Waals surface area contributed by atoms with E-state index < -0.39 is 27.6 Å². The van der Waals surface area contributed by atoms with Gasteiger partial charge in [-0.1, -0.05) is 19.8 Å². The van der Waals surface area contributed by atoms with Gasteiger partial charge in [-0.3, -0.25) is 9.36 Å². The van der Waals surface area contributed by atoms with Crippen LogP contribution in [0.15, 0.2) is 36.7 Å². The molecule has 3 heterocycles. The van der Waals surface area contributed by atoms with Gasteiger partial charge < -0.3 is 4.74 Å². The SMILES string of the molecule is CCCCCS(=O)(=O)NC(=O)C=Cc1c(-n2ccc3cccnc32)nn(C(=O)OC(C)(C)C)c1C. The van der Waals surface area contributed by atoms with Gasteiger partial charge in [0.15, 0.2) is 5.82 Å². The van der Waals surface area contributed by atoms with Gasteiger partial charge in [-0.2, -0.15) is 4.68 Å². The average Bonchev–Trinajstić information content (AvgIpc) is 3.31. The molecule has 0 aliphatic rings. The van der Waals surface area contributed by atoms with Crippen LogP contribution in [0.4, 0.5) is 4.79 Å². The van der Waals surface area contributed by atoms with Crippen molar-refractivity contribution in [1.82, 2.24) is 24.1 Å². The first kappa shape index (κ1) is 26.1. The van der Waals surface area contributed by atoms with E-state index in [2.05, 4.69) is 14.8 Å². The molecule has 1 amide bonds. The smallest absolute Gasteiger partial charge is 0.435 e. The maximum atomic E-state index is 12.8. The van der Waals surface area contributed by atoms with Crippen molar-refractivity contribution in [3.05, 3.63) is 47.9 Å². The highest BCUT2D eigenvalue weighted by atomic mass is 32.2. The standard InChI is InChI=1S/C24H31N5O5S/c1-6-7-8-16-35(32,33)27-20(30)12-11-19-17(2)29(23(31)34-24(3,4)5)26-22(19)28-15-13-18-10-9-14-25-21(18)28/h9-15H,6-8,16H2,1-5H3,(H,27,30). The number of nitrogens with zero attached hydrogens (tertiary/aromatic N) is 4. The van der Waals surface area contributed by atoms with E-state index in [1.54, 1.807) is 44.7 Å². The second-order valence-corrected chi connectivity index (χ2v) is 11.0. The first-order chi connectivity index (χ1) is 16.4. The minimum absolute atomic E-state index is 0.123. The molecule has 0 fully saturated rings. The fraction of sp³-hybridized carbons (Fsp3) is 0.417. The number of aromatic nitrogens is 4. The summed E-state index contributed by atoms with van der Waals surface area (Å²) in [6, 6.07) is 5.56. The first-order valence-electron chi connectivity index (χ1n) is 11.4. The molecule has 10 nitrogen and oxygen atoms in total. The number of rotatable bonds is 8. The highest BCUT2D eigenvalue weighted by Gasteiger charge is 2.24. The topological polar surface area (TPSA) is 125 Å². The lowest BCUT2D eigenvalue weighted by Gasteiger charge is -2.19. The number of hydrogen-bond acceptors (Lipinski definition) is 7. The molecule has 0 unspecified atom stereocenters. The Balaban J connectivity index is 1.99. The molecule has 0 aromatic carbocycles. The monoisotopic (exact) mass is 501 g/mol. The van der Waals surface area contributed by atoms with Gasteiger partial charge in [-0.25, -0.2) is 22.9 Å². The van der Waals surface area contributed by atoms with E-state index >= 15 is 0 Å². The second-order valence-electron chi connectivity index (χ2n) is 9.14. The Morgan fingerprint density at radius 3 is 2.63 bits per heavy atom. The number of pyridine rings is 1. The van der Waals surface area contributed by atoms with Crippen LogP contribution < -0.4 is 4.72 Å². The number of amides is 1. The van der Waals surface area contributed by atoms with Gasteiger partial charge >= 0.3 is 6.09 Å². The maximum absolute atomic E-state index is 12.8. The summed E-state index contributed by atoms with van der Waals surface area (Å²) in [6.07, 6.45) is 7.38. The van der Waals surface area contributed by atoms with Crippen LogP contribution in [0.3, 0.4) is 0 Å². The third-order valence-electron chi connectivity index (χ3n) is 5.06. The Labute approximate surface area is 205 Å². The quantitative estimate of drug-likeness (QED) is 0.366. The van der Waals surface area contributed by atoms with Crippen LogP contribution in [0.1, 0.15) is 58.2 Å². The van der Waals surface area contributed by atoms with E-state index in [0.29, 0.717) is 29.1 Å². The van der Waals surface area contributed by atoms with Gasteiger partial charge in [0.2, 0.25) is 10.0 Å². The normalized spacial score (nSPS) is 12.4. The van der Waals surface area contributed by atoms with Gasteiger partial charge in [0.1, 0.15) is 11.2 Å². The maximum Gasteiger partial charge on any atom is 0.435 e.